The monoisotopic (exact) mass is 864 g/mol. The van der Waals surface area contributed by atoms with E-state index < -0.39 is 63.2 Å². The van der Waals surface area contributed by atoms with Gasteiger partial charge in [0, 0.05) is 77.9 Å². The highest BCUT2D eigenvalue weighted by molar-refractivity contribution is 7.90. The average molecular weight is 864 g/mol. The molecule has 1 saturated heterocycles. The van der Waals surface area contributed by atoms with E-state index in [4.69, 9.17) is 14.2 Å². The van der Waals surface area contributed by atoms with Crippen molar-refractivity contribution in [1.29, 1.82) is 0 Å². The second kappa shape index (κ2) is 23.2. The zero-order valence-electron chi connectivity index (χ0n) is 38.0. The van der Waals surface area contributed by atoms with Crippen molar-refractivity contribution in [2.24, 2.45) is 35.5 Å². The molecule has 1 aromatic rings. The largest absolute Gasteiger partial charge is 0.380 e. The Hall–Kier alpha value is -3.31. The summed E-state index contributed by atoms with van der Waals surface area (Å²) in [7, 11) is 4.19. The number of methoxy groups -OCH3 is 3. The van der Waals surface area contributed by atoms with Crippen LogP contribution in [0.2, 0.25) is 0 Å². The van der Waals surface area contributed by atoms with E-state index in [0.717, 1.165) is 0 Å². The van der Waals surface area contributed by atoms with E-state index in [0.29, 0.717) is 31.4 Å². The smallest absolute Gasteiger partial charge is 0.237 e. The van der Waals surface area contributed by atoms with E-state index >= 15 is 0 Å². The highest BCUT2D eigenvalue weighted by atomic mass is 32.2. The SMILES string of the molecule is CC[C@H](C)[C@@H]([C@@H](CC(=O)N1C[C@H](OC)C[C@H]1[C@H](OC)[C@@H](C)C(=O)C[C@@H](Cc1ccccn1)C(=O)NS(=O)(=O)C1CC1)OC)N(C)C(=O)[C@@H](CC(=O)[C@@H](NC)C(C)C)C(C)C. The van der Waals surface area contributed by atoms with Gasteiger partial charge in [-0.15, -0.1) is 0 Å². The molecule has 16 heteroatoms. The molecule has 0 unspecified atom stereocenters. The second-order valence-corrected chi connectivity index (χ2v) is 19.6. The number of aromatic nitrogens is 1. The number of rotatable bonds is 26. The van der Waals surface area contributed by atoms with Crippen LogP contribution in [-0.2, 0) is 54.6 Å². The van der Waals surface area contributed by atoms with Crippen LogP contribution in [0.3, 0.4) is 0 Å². The third kappa shape index (κ3) is 13.3. The third-order valence-electron chi connectivity index (χ3n) is 12.8. The Morgan fingerprint density at radius 3 is 2.10 bits per heavy atom. The quantitative estimate of drug-likeness (QED) is 0.137. The van der Waals surface area contributed by atoms with E-state index in [1.807, 2.05) is 41.5 Å². The van der Waals surface area contributed by atoms with E-state index in [9.17, 15) is 32.4 Å². The highest BCUT2D eigenvalue weighted by Crippen LogP contribution is 2.33. The van der Waals surface area contributed by atoms with Crippen LogP contribution in [0.4, 0.5) is 0 Å². The zero-order chi connectivity index (χ0) is 45.1. The van der Waals surface area contributed by atoms with Gasteiger partial charge in [0.1, 0.15) is 5.78 Å². The first-order chi connectivity index (χ1) is 28.3. The van der Waals surface area contributed by atoms with Gasteiger partial charge in [0.05, 0.1) is 54.0 Å². The van der Waals surface area contributed by atoms with Gasteiger partial charge in [-0.1, -0.05) is 61.0 Å². The van der Waals surface area contributed by atoms with Crippen LogP contribution in [0.5, 0.6) is 0 Å². The predicted octanol–water partition coefficient (Wildman–Crippen LogP) is 3.83. The molecule has 0 radical (unpaired) electrons. The van der Waals surface area contributed by atoms with Gasteiger partial charge in [-0.3, -0.25) is 33.7 Å². The average Bonchev–Trinajstić information content (AvgIpc) is 4.00. The molecule has 3 rings (SSSR count). The summed E-state index contributed by atoms with van der Waals surface area (Å²) in [5.41, 5.74) is 0.540. The minimum atomic E-state index is -3.86. The van der Waals surface area contributed by atoms with Gasteiger partial charge in [0.15, 0.2) is 5.78 Å². The summed E-state index contributed by atoms with van der Waals surface area (Å²) in [6.07, 6.45) is 1.58. The number of carbonyl (C=O) groups is 5. The molecule has 0 spiro atoms. The number of pyridine rings is 1. The Morgan fingerprint density at radius 2 is 1.60 bits per heavy atom. The summed E-state index contributed by atoms with van der Waals surface area (Å²) in [4.78, 5) is 77.5. The number of ether oxygens (including phenoxy) is 3. The standard InChI is InChI=1S/C44H73N5O10S/c1-13-28(6)41(48(9)44(54)34(26(2)3)23-37(51)40(45-8)27(4)5)38(58-11)24-39(52)49-25-32(57-10)22-35(49)42(59-12)29(7)36(50)21-30(20-31-16-14-15-19-46-31)43(53)47-60(55,56)33-17-18-33/h14-16,19,26-30,32-35,38,40-42,45H,13,17-18,20-25H2,1-12H3,(H,47,53)/t28-,29-,30+,32+,34-,35-,38+,40-,41-,42+/m0/s1. The lowest BCUT2D eigenvalue weighted by atomic mass is 9.84. The first-order valence-electron chi connectivity index (χ1n) is 21.6. The molecule has 2 N–H and O–H groups in total. The van der Waals surface area contributed by atoms with Crippen LogP contribution in [0.1, 0.15) is 99.1 Å². The van der Waals surface area contributed by atoms with Crippen LogP contribution >= 0.6 is 0 Å². The van der Waals surface area contributed by atoms with Crippen molar-refractivity contribution in [3.63, 3.8) is 0 Å². The topological polar surface area (TPSA) is 191 Å². The number of hydrogen-bond acceptors (Lipinski definition) is 12. The van der Waals surface area contributed by atoms with E-state index in [2.05, 4.69) is 15.0 Å². The number of likely N-dealkylation sites (N-methyl/N-ethyl adjacent to an activating group) is 2. The fraction of sp³-hybridized carbons (Fsp3) is 0.773. The van der Waals surface area contributed by atoms with Crippen molar-refractivity contribution in [3.8, 4) is 0 Å². The molecule has 0 bridgehead atoms. The van der Waals surface area contributed by atoms with Crippen molar-refractivity contribution in [1.82, 2.24) is 24.8 Å². The summed E-state index contributed by atoms with van der Waals surface area (Å²) < 4.78 is 45.5. The number of ketones is 2. The molecule has 1 aliphatic carbocycles. The van der Waals surface area contributed by atoms with Crippen LogP contribution in [0.25, 0.3) is 0 Å². The second-order valence-electron chi connectivity index (χ2n) is 17.6. The molecule has 1 saturated carbocycles. The van der Waals surface area contributed by atoms with E-state index in [1.165, 1.54) is 14.2 Å². The van der Waals surface area contributed by atoms with Crippen molar-refractivity contribution in [3.05, 3.63) is 30.1 Å². The number of Topliss-reactive ketones (excluding diaryl/α,β-unsaturated/α-hetero) is 2. The number of sulfonamides is 1. The first kappa shape index (κ1) is 51.0. The Labute approximate surface area is 358 Å². The Bertz CT molecular complexity index is 1690. The number of amides is 3. The number of likely N-dealkylation sites (tertiary alicyclic amines) is 1. The van der Waals surface area contributed by atoms with Crippen molar-refractivity contribution < 1.29 is 46.6 Å². The molecule has 0 aromatic carbocycles. The van der Waals surface area contributed by atoms with Gasteiger partial charge < -0.3 is 29.3 Å². The lowest BCUT2D eigenvalue weighted by Crippen LogP contribution is -2.54. The van der Waals surface area contributed by atoms with Crippen LogP contribution < -0.4 is 10.0 Å². The predicted molar refractivity (Wildman–Crippen MR) is 229 cm³/mol. The van der Waals surface area contributed by atoms with E-state index in [1.54, 1.807) is 62.3 Å². The zero-order valence-corrected chi connectivity index (χ0v) is 38.8. The van der Waals surface area contributed by atoms with Crippen molar-refractivity contribution in [2.45, 2.75) is 142 Å². The summed E-state index contributed by atoms with van der Waals surface area (Å²) >= 11 is 0. The molecule has 2 fully saturated rings. The Balaban J connectivity index is 1.86. The highest BCUT2D eigenvalue weighted by Gasteiger charge is 2.46. The minimum Gasteiger partial charge on any atom is -0.380 e. The summed E-state index contributed by atoms with van der Waals surface area (Å²) in [5, 5.41) is 2.48. The first-order valence-corrected chi connectivity index (χ1v) is 23.1. The molecule has 3 amide bonds. The summed E-state index contributed by atoms with van der Waals surface area (Å²) in [6.45, 7) is 13.8. The summed E-state index contributed by atoms with van der Waals surface area (Å²) in [5.74, 6) is -4.04. The fourth-order valence-electron chi connectivity index (χ4n) is 8.71. The maximum absolute atomic E-state index is 14.5. The molecular formula is C44H73N5O10S. The molecule has 60 heavy (non-hydrogen) atoms. The van der Waals surface area contributed by atoms with Crippen LogP contribution in [0.15, 0.2) is 24.4 Å². The van der Waals surface area contributed by atoms with E-state index in [-0.39, 0.29) is 85.5 Å². The van der Waals surface area contributed by atoms with Crippen molar-refractivity contribution in [2.75, 3.05) is 42.0 Å². The van der Waals surface area contributed by atoms with Gasteiger partial charge in [-0.25, -0.2) is 8.42 Å². The van der Waals surface area contributed by atoms with Gasteiger partial charge in [-0.05, 0) is 56.2 Å². The molecule has 1 aromatic heterocycles. The molecule has 2 heterocycles. The number of carbonyl (C=O) groups excluding carboxylic acids is 5. The summed E-state index contributed by atoms with van der Waals surface area (Å²) in [6, 6.07) is 3.75. The lowest BCUT2D eigenvalue weighted by Gasteiger charge is -2.41. The van der Waals surface area contributed by atoms with Gasteiger partial charge in [-0.2, -0.15) is 0 Å². The van der Waals surface area contributed by atoms with Crippen LogP contribution in [-0.4, -0.2) is 136 Å². The molecule has 1 aliphatic heterocycles. The molecule has 2 aliphatic rings. The van der Waals surface area contributed by atoms with Gasteiger partial charge in [0.2, 0.25) is 27.7 Å². The molecular weight excluding hydrogens is 791 g/mol. The molecule has 15 nitrogen and oxygen atoms in total. The fourth-order valence-corrected chi connectivity index (χ4v) is 10.1. The third-order valence-corrected chi connectivity index (χ3v) is 14.6. The van der Waals surface area contributed by atoms with Crippen LogP contribution in [0, 0.1) is 35.5 Å². The maximum atomic E-state index is 14.5. The minimum absolute atomic E-state index is 0.0202. The van der Waals surface area contributed by atoms with Crippen molar-refractivity contribution >= 4 is 39.3 Å². The van der Waals surface area contributed by atoms with Gasteiger partial charge in [0.25, 0.3) is 0 Å². The number of nitrogens with zero attached hydrogens (tertiary/aromatic N) is 3. The maximum Gasteiger partial charge on any atom is 0.237 e. The normalized spacial score (nSPS) is 21.1. The number of nitrogens with one attached hydrogen (secondary N) is 2. The Kier molecular flexibility index (Phi) is 19.8. The molecule has 10 atom stereocenters. The Morgan fingerprint density at radius 1 is 0.933 bits per heavy atom. The molecule has 340 valence electrons. The number of hydrogen-bond donors (Lipinski definition) is 2. The lowest BCUT2D eigenvalue weighted by molar-refractivity contribution is -0.149. The van der Waals surface area contributed by atoms with Gasteiger partial charge >= 0.3 is 0 Å².